The molecule has 0 fully saturated rings. The van der Waals surface area contributed by atoms with Crippen molar-refractivity contribution in [2.45, 2.75) is 19.1 Å². The lowest BCUT2D eigenvalue weighted by molar-refractivity contribution is -0.137. The summed E-state index contributed by atoms with van der Waals surface area (Å²) in [5.41, 5.74) is 2.32. The predicted octanol–water partition coefficient (Wildman–Crippen LogP) is 5.29. The maximum Gasteiger partial charge on any atom is 0.416 e. The summed E-state index contributed by atoms with van der Waals surface area (Å²) in [6.45, 7) is 0.653. The first-order valence-electron chi connectivity index (χ1n) is 11.4. The third-order valence-corrected chi connectivity index (χ3v) is 6.37. The molecule has 2 heterocycles. The van der Waals surface area contributed by atoms with Gasteiger partial charge >= 0.3 is 6.18 Å². The minimum Gasteiger partial charge on any atom is -0.505 e. The lowest BCUT2D eigenvalue weighted by Gasteiger charge is -2.30. The second-order valence-corrected chi connectivity index (χ2v) is 8.93. The van der Waals surface area contributed by atoms with Gasteiger partial charge in [-0.2, -0.15) is 13.2 Å². The number of halogens is 3. The number of nitrogens with zero attached hydrogens (tertiary/aromatic N) is 4. The fourth-order valence-corrected chi connectivity index (χ4v) is 4.51. The number of carbonyl (C=O) groups excluding carboxylic acids is 1. The van der Waals surface area contributed by atoms with Crippen molar-refractivity contribution in [3.63, 3.8) is 0 Å². The number of benzene rings is 3. The summed E-state index contributed by atoms with van der Waals surface area (Å²) in [5, 5.41) is 11.2. The Hall–Kier alpha value is -4.14. The van der Waals surface area contributed by atoms with Crippen molar-refractivity contribution in [1.82, 2.24) is 14.9 Å². The van der Waals surface area contributed by atoms with Crippen LogP contribution in [-0.2, 0) is 19.1 Å². The zero-order valence-electron chi connectivity index (χ0n) is 19.7. The van der Waals surface area contributed by atoms with E-state index in [1.54, 1.807) is 29.2 Å². The molecule has 1 aliphatic heterocycles. The molecule has 0 spiro atoms. The Kier molecular flexibility index (Phi) is 5.78. The van der Waals surface area contributed by atoms with E-state index in [1.165, 1.54) is 12.1 Å². The van der Waals surface area contributed by atoms with E-state index in [9.17, 15) is 23.1 Å². The molecule has 36 heavy (non-hydrogen) atoms. The van der Waals surface area contributed by atoms with Crippen LogP contribution in [0.15, 0.2) is 60.7 Å². The number of hydrogen-bond acceptors (Lipinski definition) is 5. The van der Waals surface area contributed by atoms with Gasteiger partial charge in [0, 0.05) is 43.7 Å². The molecule has 0 unspecified atom stereocenters. The van der Waals surface area contributed by atoms with Crippen LogP contribution < -0.4 is 4.90 Å². The third-order valence-electron chi connectivity index (χ3n) is 6.37. The Bertz CT molecular complexity index is 1480. The molecule has 0 radical (unpaired) electrons. The molecular formula is C27H23F3N4O2. The van der Waals surface area contributed by atoms with Gasteiger partial charge in [-0.25, -0.2) is 9.97 Å². The van der Waals surface area contributed by atoms with Crippen LogP contribution >= 0.6 is 0 Å². The smallest absolute Gasteiger partial charge is 0.416 e. The molecule has 9 heteroatoms. The van der Waals surface area contributed by atoms with Crippen LogP contribution in [0.25, 0.3) is 22.3 Å². The predicted molar refractivity (Wildman–Crippen MR) is 131 cm³/mol. The van der Waals surface area contributed by atoms with Gasteiger partial charge in [-0.3, -0.25) is 4.79 Å². The number of amides is 1. The van der Waals surface area contributed by atoms with E-state index in [4.69, 9.17) is 0 Å². The number of aromatic hydroxyl groups is 1. The van der Waals surface area contributed by atoms with Crippen LogP contribution in [0.1, 0.15) is 27.2 Å². The van der Waals surface area contributed by atoms with E-state index in [1.807, 2.05) is 31.1 Å². The van der Waals surface area contributed by atoms with Gasteiger partial charge in [-0.15, -0.1) is 0 Å². The normalized spacial score (nSPS) is 13.5. The fourth-order valence-electron chi connectivity index (χ4n) is 4.51. The highest BCUT2D eigenvalue weighted by molar-refractivity contribution is 6.05. The molecule has 0 saturated carbocycles. The SMILES string of the molecule is CN(C)c1ccc2c(c1O)CCN(C(=O)c1nc(-c3cccc(C(F)(F)F)c3)nc3ccccc13)C2. The molecule has 3 aromatic carbocycles. The number of anilines is 1. The number of alkyl halides is 3. The summed E-state index contributed by atoms with van der Waals surface area (Å²) in [4.78, 5) is 26.0. The van der Waals surface area contributed by atoms with Crippen molar-refractivity contribution < 1.29 is 23.1 Å². The van der Waals surface area contributed by atoms with Gasteiger partial charge in [0.2, 0.25) is 0 Å². The van der Waals surface area contributed by atoms with Gasteiger partial charge in [0.25, 0.3) is 5.91 Å². The molecule has 1 aromatic heterocycles. The van der Waals surface area contributed by atoms with Gasteiger partial charge in [0.1, 0.15) is 11.4 Å². The van der Waals surface area contributed by atoms with Gasteiger partial charge < -0.3 is 14.9 Å². The van der Waals surface area contributed by atoms with E-state index in [-0.39, 0.29) is 35.3 Å². The summed E-state index contributed by atoms with van der Waals surface area (Å²) in [6, 6.07) is 15.4. The Labute approximate surface area is 205 Å². The number of carbonyl (C=O) groups is 1. The van der Waals surface area contributed by atoms with Crippen LogP contribution in [0, 0.1) is 0 Å². The summed E-state index contributed by atoms with van der Waals surface area (Å²) in [5.74, 6) is -0.0820. The first-order chi connectivity index (χ1) is 17.1. The molecule has 4 aromatic rings. The number of aromatic nitrogens is 2. The largest absolute Gasteiger partial charge is 0.505 e. The summed E-state index contributed by atoms with van der Waals surface area (Å²) in [7, 11) is 3.70. The molecule has 6 nitrogen and oxygen atoms in total. The van der Waals surface area contributed by atoms with Crippen molar-refractivity contribution >= 4 is 22.5 Å². The minimum absolute atomic E-state index is 0.0498. The third kappa shape index (κ3) is 4.21. The molecule has 0 bridgehead atoms. The van der Waals surface area contributed by atoms with Crippen molar-refractivity contribution in [2.75, 3.05) is 25.5 Å². The Morgan fingerprint density at radius 3 is 2.56 bits per heavy atom. The number of fused-ring (bicyclic) bond motifs is 2. The van der Waals surface area contributed by atoms with Crippen molar-refractivity contribution in [1.29, 1.82) is 0 Å². The van der Waals surface area contributed by atoms with Gasteiger partial charge in [-0.1, -0.05) is 36.4 Å². The molecule has 0 saturated heterocycles. The highest BCUT2D eigenvalue weighted by Crippen LogP contribution is 2.36. The summed E-state index contributed by atoms with van der Waals surface area (Å²) >= 11 is 0. The fraction of sp³-hybridized carbons (Fsp3) is 0.222. The summed E-state index contributed by atoms with van der Waals surface area (Å²) < 4.78 is 39.9. The molecule has 1 amide bonds. The lowest BCUT2D eigenvalue weighted by Crippen LogP contribution is -2.36. The molecule has 0 aliphatic carbocycles. The molecule has 0 atom stereocenters. The number of rotatable bonds is 3. The highest BCUT2D eigenvalue weighted by Gasteiger charge is 2.31. The van der Waals surface area contributed by atoms with Crippen molar-refractivity contribution in [3.05, 3.63) is 83.0 Å². The monoisotopic (exact) mass is 492 g/mol. The first kappa shape index (κ1) is 23.6. The van der Waals surface area contributed by atoms with Crippen LogP contribution in [0.3, 0.4) is 0 Å². The molecular weight excluding hydrogens is 469 g/mol. The number of phenols is 1. The number of hydrogen-bond donors (Lipinski definition) is 1. The average molecular weight is 493 g/mol. The van der Waals surface area contributed by atoms with E-state index in [0.29, 0.717) is 29.6 Å². The van der Waals surface area contributed by atoms with E-state index in [0.717, 1.165) is 23.3 Å². The zero-order chi connectivity index (χ0) is 25.6. The van der Waals surface area contributed by atoms with Crippen molar-refractivity contribution in [3.8, 4) is 17.1 Å². The van der Waals surface area contributed by atoms with Crippen LogP contribution in [0.5, 0.6) is 5.75 Å². The number of phenolic OH excluding ortho intramolecular Hbond substituents is 1. The van der Waals surface area contributed by atoms with E-state index < -0.39 is 11.7 Å². The Morgan fingerprint density at radius 2 is 1.81 bits per heavy atom. The molecule has 1 aliphatic rings. The molecule has 184 valence electrons. The second kappa shape index (κ2) is 8.82. The van der Waals surface area contributed by atoms with Crippen LogP contribution in [0.2, 0.25) is 0 Å². The lowest BCUT2D eigenvalue weighted by atomic mass is 9.97. The van der Waals surface area contributed by atoms with Crippen molar-refractivity contribution in [2.24, 2.45) is 0 Å². The molecule has 5 rings (SSSR count). The van der Waals surface area contributed by atoms with E-state index >= 15 is 0 Å². The molecule has 1 N–H and O–H groups in total. The summed E-state index contributed by atoms with van der Waals surface area (Å²) in [6.07, 6.45) is -4.04. The van der Waals surface area contributed by atoms with E-state index in [2.05, 4.69) is 9.97 Å². The highest BCUT2D eigenvalue weighted by atomic mass is 19.4. The van der Waals surface area contributed by atoms with Gasteiger partial charge in [-0.05, 0) is 36.2 Å². The van der Waals surface area contributed by atoms with Gasteiger partial charge in [0.15, 0.2) is 5.82 Å². The number of para-hydroxylation sites is 1. The topological polar surface area (TPSA) is 69.6 Å². The first-order valence-corrected chi connectivity index (χ1v) is 11.4. The van der Waals surface area contributed by atoms with Crippen LogP contribution in [0.4, 0.5) is 18.9 Å². The second-order valence-electron chi connectivity index (χ2n) is 8.93. The van der Waals surface area contributed by atoms with Gasteiger partial charge in [0.05, 0.1) is 16.8 Å². The zero-order valence-corrected chi connectivity index (χ0v) is 19.7. The minimum atomic E-state index is -4.51. The average Bonchev–Trinajstić information content (AvgIpc) is 2.87. The Balaban J connectivity index is 1.55. The Morgan fingerprint density at radius 1 is 1.03 bits per heavy atom. The standard InChI is InChI=1S/C27H23F3N4O2/c1-33(2)22-11-10-17-15-34(13-12-19(17)24(22)35)26(36)23-20-8-3-4-9-21(20)31-25(32-23)16-6-5-7-18(14-16)27(28,29)30/h3-11,14,35H,12-13,15H2,1-2H3. The van der Waals surface area contributed by atoms with Crippen LogP contribution in [-0.4, -0.2) is 46.5 Å². The quantitative estimate of drug-likeness (QED) is 0.421. The maximum atomic E-state index is 13.7. The maximum absolute atomic E-state index is 13.7.